The molecule has 1 aromatic carbocycles. The normalized spacial score (nSPS) is 20.4. The first-order chi connectivity index (χ1) is 13.1. The third kappa shape index (κ3) is 4.04. The molecular formula is C20H25N5OS. The van der Waals surface area contributed by atoms with Crippen LogP contribution in [0.1, 0.15) is 31.5 Å². The standard InChI is InChI=1S/C20H25N5OS/c1-3-7-16-10-18(26)25-20(21-16)27-19(23-25)22-17-13-24(11-14(17)2)12-15-8-5-4-6-9-15/h4-6,8-10,14,17H,3,7,11-13H2,1-2H3,(H,22,23). The van der Waals surface area contributed by atoms with E-state index in [0.29, 0.717) is 16.9 Å². The van der Waals surface area contributed by atoms with Gasteiger partial charge < -0.3 is 5.32 Å². The van der Waals surface area contributed by atoms with Crippen molar-refractivity contribution in [3.05, 3.63) is 58.0 Å². The van der Waals surface area contributed by atoms with Crippen LogP contribution in [0.4, 0.5) is 5.13 Å². The molecule has 0 radical (unpaired) electrons. The quantitative estimate of drug-likeness (QED) is 0.709. The van der Waals surface area contributed by atoms with Crippen LogP contribution in [0.2, 0.25) is 0 Å². The lowest BCUT2D eigenvalue weighted by Gasteiger charge is -2.16. The van der Waals surface area contributed by atoms with Gasteiger partial charge >= 0.3 is 0 Å². The summed E-state index contributed by atoms with van der Waals surface area (Å²) in [6.45, 7) is 7.34. The highest BCUT2D eigenvalue weighted by Crippen LogP contribution is 2.25. The number of hydrogen-bond acceptors (Lipinski definition) is 6. The van der Waals surface area contributed by atoms with Crippen LogP contribution in [0.5, 0.6) is 0 Å². The second-order valence-electron chi connectivity index (χ2n) is 7.35. The van der Waals surface area contributed by atoms with E-state index in [9.17, 15) is 4.79 Å². The van der Waals surface area contributed by atoms with Gasteiger partial charge in [0, 0.05) is 37.4 Å². The van der Waals surface area contributed by atoms with Gasteiger partial charge in [0.15, 0.2) is 0 Å². The van der Waals surface area contributed by atoms with Crippen molar-refractivity contribution in [3.63, 3.8) is 0 Å². The van der Waals surface area contributed by atoms with Gasteiger partial charge in [0.1, 0.15) is 0 Å². The van der Waals surface area contributed by atoms with Gasteiger partial charge in [-0.15, -0.1) is 5.10 Å². The number of nitrogens with one attached hydrogen (secondary N) is 1. The monoisotopic (exact) mass is 383 g/mol. The minimum Gasteiger partial charge on any atom is -0.356 e. The summed E-state index contributed by atoms with van der Waals surface area (Å²) in [5.41, 5.74) is 2.09. The number of rotatable bonds is 6. The minimum absolute atomic E-state index is 0.0991. The number of benzene rings is 1. The Kier molecular flexibility index (Phi) is 5.22. The molecule has 1 aliphatic rings. The molecule has 142 valence electrons. The van der Waals surface area contributed by atoms with Crippen LogP contribution >= 0.6 is 11.3 Å². The summed E-state index contributed by atoms with van der Waals surface area (Å²) >= 11 is 1.46. The maximum absolute atomic E-state index is 12.3. The van der Waals surface area contributed by atoms with E-state index < -0.39 is 0 Å². The van der Waals surface area contributed by atoms with Crippen LogP contribution in [0.15, 0.2) is 41.2 Å². The summed E-state index contributed by atoms with van der Waals surface area (Å²) in [5.74, 6) is 0.515. The van der Waals surface area contributed by atoms with Crippen molar-refractivity contribution in [1.82, 2.24) is 19.5 Å². The van der Waals surface area contributed by atoms with E-state index in [2.05, 4.69) is 64.5 Å². The molecule has 1 N–H and O–H groups in total. The van der Waals surface area contributed by atoms with Crippen LogP contribution in [-0.4, -0.2) is 38.6 Å². The molecule has 1 saturated heterocycles. The van der Waals surface area contributed by atoms with Crippen LogP contribution in [0, 0.1) is 5.92 Å². The molecular weight excluding hydrogens is 358 g/mol. The van der Waals surface area contributed by atoms with E-state index in [1.165, 1.54) is 21.4 Å². The number of likely N-dealkylation sites (tertiary alicyclic amines) is 1. The molecule has 0 bridgehead atoms. The number of aromatic nitrogens is 3. The second-order valence-corrected chi connectivity index (χ2v) is 8.30. The van der Waals surface area contributed by atoms with Crippen LogP contribution < -0.4 is 10.9 Å². The average Bonchev–Trinajstić information content (AvgIpc) is 3.20. The molecule has 27 heavy (non-hydrogen) atoms. The lowest BCUT2D eigenvalue weighted by atomic mass is 10.1. The molecule has 6 nitrogen and oxygen atoms in total. The smallest absolute Gasteiger partial charge is 0.275 e. The lowest BCUT2D eigenvalue weighted by Crippen LogP contribution is -2.28. The van der Waals surface area contributed by atoms with E-state index >= 15 is 0 Å². The number of fused-ring (bicyclic) bond motifs is 1. The lowest BCUT2D eigenvalue weighted by molar-refractivity contribution is 0.319. The zero-order valence-corrected chi connectivity index (χ0v) is 16.6. The van der Waals surface area contributed by atoms with E-state index in [-0.39, 0.29) is 5.56 Å². The predicted octanol–water partition coefficient (Wildman–Crippen LogP) is 3.04. The van der Waals surface area contributed by atoms with Gasteiger partial charge in [-0.3, -0.25) is 9.69 Å². The topological polar surface area (TPSA) is 62.5 Å². The van der Waals surface area contributed by atoms with Crippen molar-refractivity contribution >= 4 is 21.4 Å². The zero-order chi connectivity index (χ0) is 18.8. The fraction of sp³-hybridized carbons (Fsp3) is 0.450. The fourth-order valence-electron chi connectivity index (χ4n) is 3.68. The van der Waals surface area contributed by atoms with E-state index in [1.54, 1.807) is 6.07 Å². The third-order valence-corrected chi connectivity index (χ3v) is 5.89. The Labute approximate surface area is 162 Å². The molecule has 2 unspecified atom stereocenters. The van der Waals surface area contributed by atoms with Crippen molar-refractivity contribution in [1.29, 1.82) is 0 Å². The molecule has 0 aliphatic carbocycles. The van der Waals surface area contributed by atoms with Crippen molar-refractivity contribution in [2.45, 2.75) is 39.3 Å². The minimum atomic E-state index is -0.0991. The Hall–Kier alpha value is -2.25. The number of anilines is 1. The van der Waals surface area contributed by atoms with Crippen LogP contribution in [0.25, 0.3) is 4.96 Å². The molecule has 2 atom stereocenters. The molecule has 7 heteroatoms. The maximum atomic E-state index is 12.3. The Morgan fingerprint density at radius 2 is 2.07 bits per heavy atom. The molecule has 3 heterocycles. The van der Waals surface area contributed by atoms with Gasteiger partial charge in [0.05, 0.1) is 0 Å². The summed E-state index contributed by atoms with van der Waals surface area (Å²) in [4.78, 5) is 20.0. The summed E-state index contributed by atoms with van der Waals surface area (Å²) in [5, 5.41) is 8.76. The molecule has 2 aromatic heterocycles. The van der Waals surface area contributed by atoms with Gasteiger partial charge in [-0.2, -0.15) is 4.52 Å². The van der Waals surface area contributed by atoms with Crippen molar-refractivity contribution < 1.29 is 0 Å². The van der Waals surface area contributed by atoms with E-state index in [1.807, 2.05) is 0 Å². The van der Waals surface area contributed by atoms with Crippen molar-refractivity contribution in [2.75, 3.05) is 18.4 Å². The Morgan fingerprint density at radius 1 is 1.26 bits per heavy atom. The highest BCUT2D eigenvalue weighted by atomic mass is 32.1. The maximum Gasteiger partial charge on any atom is 0.275 e. The van der Waals surface area contributed by atoms with Gasteiger partial charge in [-0.05, 0) is 17.9 Å². The van der Waals surface area contributed by atoms with E-state index in [0.717, 1.165) is 43.3 Å². The van der Waals surface area contributed by atoms with Gasteiger partial charge in [-0.1, -0.05) is 61.9 Å². The van der Waals surface area contributed by atoms with Gasteiger partial charge in [-0.25, -0.2) is 4.98 Å². The van der Waals surface area contributed by atoms with Crippen LogP contribution in [-0.2, 0) is 13.0 Å². The third-order valence-electron chi connectivity index (χ3n) is 5.05. The highest BCUT2D eigenvalue weighted by Gasteiger charge is 2.30. The second kappa shape index (κ2) is 7.78. The summed E-state index contributed by atoms with van der Waals surface area (Å²) < 4.78 is 1.41. The summed E-state index contributed by atoms with van der Waals surface area (Å²) in [6, 6.07) is 12.5. The van der Waals surface area contributed by atoms with Gasteiger partial charge in [0.25, 0.3) is 5.56 Å². The molecule has 1 fully saturated rings. The van der Waals surface area contributed by atoms with Gasteiger partial charge in [0.2, 0.25) is 10.1 Å². The zero-order valence-electron chi connectivity index (χ0n) is 15.8. The molecule has 0 spiro atoms. The molecule has 0 saturated carbocycles. The first-order valence-electron chi connectivity index (χ1n) is 9.55. The first-order valence-corrected chi connectivity index (χ1v) is 10.4. The Balaban J connectivity index is 1.47. The number of nitrogens with zero attached hydrogens (tertiary/aromatic N) is 4. The molecule has 3 aromatic rings. The number of aryl methyl sites for hydroxylation is 1. The number of hydrogen-bond donors (Lipinski definition) is 1. The SMILES string of the molecule is CCCc1cc(=O)n2nc(NC3CN(Cc4ccccc4)CC3C)sc2n1. The highest BCUT2D eigenvalue weighted by molar-refractivity contribution is 7.20. The summed E-state index contributed by atoms with van der Waals surface area (Å²) in [6.07, 6.45) is 1.80. The Morgan fingerprint density at radius 3 is 2.85 bits per heavy atom. The molecule has 0 amide bonds. The average molecular weight is 384 g/mol. The fourth-order valence-corrected chi connectivity index (χ4v) is 4.57. The summed E-state index contributed by atoms with van der Waals surface area (Å²) in [7, 11) is 0. The van der Waals surface area contributed by atoms with Crippen molar-refractivity contribution in [2.24, 2.45) is 5.92 Å². The molecule has 1 aliphatic heterocycles. The predicted molar refractivity (Wildman–Crippen MR) is 109 cm³/mol. The first kappa shape index (κ1) is 18.1. The van der Waals surface area contributed by atoms with Crippen LogP contribution in [0.3, 0.4) is 0 Å². The Bertz CT molecular complexity index is 967. The van der Waals surface area contributed by atoms with E-state index in [4.69, 9.17) is 0 Å². The largest absolute Gasteiger partial charge is 0.356 e. The molecule has 4 rings (SSSR count). The van der Waals surface area contributed by atoms with Crippen molar-refractivity contribution in [3.8, 4) is 0 Å².